The molecule has 1 aliphatic carbocycles. The molecule has 1 aromatic carbocycles. The number of benzene rings is 1. The van der Waals surface area contributed by atoms with Crippen LogP contribution < -0.4 is 4.90 Å². The Hall–Kier alpha value is -1.07. The van der Waals surface area contributed by atoms with E-state index >= 15 is 0 Å². The number of anilines is 1. The van der Waals surface area contributed by atoms with Crippen LogP contribution in [0.25, 0.3) is 0 Å². The summed E-state index contributed by atoms with van der Waals surface area (Å²) in [6.45, 7) is 2.09. The van der Waals surface area contributed by atoms with Crippen LogP contribution in [-0.4, -0.2) is 26.6 Å². The molecule has 0 radical (unpaired) electrons. The Morgan fingerprint density at radius 1 is 1.26 bits per heavy atom. The zero-order valence-corrected chi connectivity index (χ0v) is 14.9. The predicted molar refractivity (Wildman–Crippen MR) is 91.8 cm³/mol. The number of hydrogen-bond acceptors (Lipinski definition) is 3. The first-order chi connectivity index (χ1) is 10.9. The van der Waals surface area contributed by atoms with Crippen LogP contribution in [0.1, 0.15) is 44.6 Å². The number of halogens is 1. The van der Waals surface area contributed by atoms with E-state index in [4.69, 9.17) is 11.6 Å². The lowest BCUT2D eigenvalue weighted by atomic mass is 9.91. The van der Waals surface area contributed by atoms with Gasteiger partial charge in [0.05, 0.1) is 15.7 Å². The fourth-order valence-electron chi connectivity index (χ4n) is 3.71. The van der Waals surface area contributed by atoms with Crippen LogP contribution in [0.3, 0.4) is 0 Å². The highest BCUT2D eigenvalue weighted by Gasteiger charge is 2.29. The summed E-state index contributed by atoms with van der Waals surface area (Å²) in [5.41, 5.74) is 1.64. The molecule has 1 amide bonds. The van der Waals surface area contributed by atoms with Gasteiger partial charge in [0.15, 0.2) is 9.84 Å². The highest BCUT2D eigenvalue weighted by atomic mass is 35.5. The maximum absolute atomic E-state index is 12.8. The van der Waals surface area contributed by atoms with Gasteiger partial charge in [0.25, 0.3) is 0 Å². The predicted octanol–water partition coefficient (Wildman–Crippen LogP) is 3.60. The van der Waals surface area contributed by atoms with Gasteiger partial charge in [0.2, 0.25) is 5.91 Å². The maximum Gasteiger partial charge on any atom is 0.223 e. The first-order valence-electron chi connectivity index (χ1n) is 8.22. The Morgan fingerprint density at radius 2 is 1.96 bits per heavy atom. The molecule has 1 aliphatic heterocycles. The summed E-state index contributed by atoms with van der Waals surface area (Å²) < 4.78 is 25.6. The second-order valence-electron chi connectivity index (χ2n) is 6.62. The molecule has 1 heterocycles. The number of carbonyl (C=O) groups excluding carboxylic acids is 1. The second-order valence-corrected chi connectivity index (χ2v) is 9.03. The maximum atomic E-state index is 12.8. The molecule has 126 valence electrons. The van der Waals surface area contributed by atoms with Gasteiger partial charge in [-0.3, -0.25) is 4.79 Å². The number of carbonyl (C=O) groups is 1. The van der Waals surface area contributed by atoms with Crippen molar-refractivity contribution in [1.82, 2.24) is 0 Å². The molecule has 4 nitrogen and oxygen atoms in total. The highest BCUT2D eigenvalue weighted by molar-refractivity contribution is 7.91. The number of amides is 1. The van der Waals surface area contributed by atoms with Crippen molar-refractivity contribution in [2.45, 2.75) is 50.3 Å². The van der Waals surface area contributed by atoms with Gasteiger partial charge in [-0.15, -0.1) is 0 Å². The smallest absolute Gasteiger partial charge is 0.223 e. The minimum absolute atomic E-state index is 0.0679. The Bertz CT molecular complexity index is 724. The molecule has 0 bridgehead atoms. The van der Waals surface area contributed by atoms with Gasteiger partial charge in [-0.1, -0.05) is 30.9 Å². The lowest BCUT2D eigenvalue weighted by Crippen LogP contribution is -2.26. The van der Waals surface area contributed by atoms with Crippen molar-refractivity contribution in [3.63, 3.8) is 0 Å². The van der Waals surface area contributed by atoms with E-state index in [-0.39, 0.29) is 27.5 Å². The van der Waals surface area contributed by atoms with E-state index in [1.165, 1.54) is 13.3 Å². The van der Waals surface area contributed by atoms with Crippen molar-refractivity contribution < 1.29 is 13.2 Å². The SMILES string of the molecule is CC(=O)N1CCc2cc(Cl)c(S(=O)(=O)CC3CCCCC3)cc21. The highest BCUT2D eigenvalue weighted by Crippen LogP contribution is 2.37. The third-order valence-corrected chi connectivity index (χ3v) is 7.27. The molecule has 0 spiro atoms. The first kappa shape index (κ1) is 16.8. The topological polar surface area (TPSA) is 54.5 Å². The molecular weight excluding hydrogens is 334 g/mol. The summed E-state index contributed by atoms with van der Waals surface area (Å²) in [7, 11) is -3.43. The monoisotopic (exact) mass is 355 g/mol. The zero-order chi connectivity index (χ0) is 16.6. The van der Waals surface area contributed by atoms with Gasteiger partial charge in [0.1, 0.15) is 0 Å². The third kappa shape index (κ3) is 3.41. The summed E-state index contributed by atoms with van der Waals surface area (Å²) in [5.74, 6) is 0.314. The van der Waals surface area contributed by atoms with Crippen molar-refractivity contribution in [2.24, 2.45) is 5.92 Å². The van der Waals surface area contributed by atoms with Crippen LogP contribution in [0.5, 0.6) is 0 Å². The van der Waals surface area contributed by atoms with E-state index in [9.17, 15) is 13.2 Å². The zero-order valence-electron chi connectivity index (χ0n) is 13.3. The summed E-state index contributed by atoms with van der Waals surface area (Å²) in [6, 6.07) is 3.32. The fraction of sp³-hybridized carbons (Fsp3) is 0.588. The van der Waals surface area contributed by atoms with Crippen molar-refractivity contribution >= 4 is 33.0 Å². The summed E-state index contributed by atoms with van der Waals surface area (Å²) >= 11 is 6.25. The van der Waals surface area contributed by atoms with Gasteiger partial charge >= 0.3 is 0 Å². The molecule has 0 unspecified atom stereocenters. The van der Waals surface area contributed by atoms with Crippen LogP contribution in [0.4, 0.5) is 5.69 Å². The van der Waals surface area contributed by atoms with E-state index in [1.807, 2.05) is 0 Å². The molecule has 0 aromatic heterocycles. The molecule has 6 heteroatoms. The van der Waals surface area contributed by atoms with Crippen LogP contribution in [0.15, 0.2) is 17.0 Å². The minimum Gasteiger partial charge on any atom is -0.312 e. The van der Waals surface area contributed by atoms with Gasteiger partial charge in [-0.05, 0) is 42.9 Å². The van der Waals surface area contributed by atoms with E-state index < -0.39 is 9.84 Å². The van der Waals surface area contributed by atoms with Crippen molar-refractivity contribution in [3.05, 3.63) is 22.7 Å². The summed E-state index contributed by atoms with van der Waals surface area (Å²) in [6.07, 6.45) is 6.08. The molecule has 2 aliphatic rings. The standard InChI is InChI=1S/C17H22ClNO3S/c1-12(20)19-8-7-14-9-15(18)17(10-16(14)19)23(21,22)11-13-5-3-2-4-6-13/h9-10,13H,2-8,11H2,1H3. The number of sulfone groups is 1. The van der Waals surface area contributed by atoms with Crippen LogP contribution in [-0.2, 0) is 21.1 Å². The van der Waals surface area contributed by atoms with Gasteiger partial charge in [-0.2, -0.15) is 0 Å². The Morgan fingerprint density at radius 3 is 2.61 bits per heavy atom. The molecule has 3 rings (SSSR count). The molecule has 1 aromatic rings. The lowest BCUT2D eigenvalue weighted by molar-refractivity contribution is -0.116. The molecule has 23 heavy (non-hydrogen) atoms. The van der Waals surface area contributed by atoms with Gasteiger partial charge in [0, 0.05) is 19.2 Å². The molecule has 0 atom stereocenters. The second kappa shape index (κ2) is 6.44. The molecular formula is C17H22ClNO3S. The molecule has 1 fully saturated rings. The Balaban J connectivity index is 1.92. The molecule has 0 saturated heterocycles. The average molecular weight is 356 g/mol. The van der Waals surface area contributed by atoms with Gasteiger partial charge < -0.3 is 4.90 Å². The largest absolute Gasteiger partial charge is 0.312 e. The third-order valence-electron chi connectivity index (χ3n) is 4.92. The van der Waals surface area contributed by atoms with Crippen molar-refractivity contribution in [2.75, 3.05) is 17.2 Å². The van der Waals surface area contributed by atoms with Gasteiger partial charge in [-0.25, -0.2) is 8.42 Å². The number of rotatable bonds is 3. The van der Waals surface area contributed by atoms with E-state index in [0.29, 0.717) is 12.2 Å². The minimum atomic E-state index is -3.43. The Kier molecular flexibility index (Phi) is 4.70. The summed E-state index contributed by atoms with van der Waals surface area (Å²) in [4.78, 5) is 13.5. The number of hydrogen-bond donors (Lipinski definition) is 0. The molecule has 0 N–H and O–H groups in total. The van der Waals surface area contributed by atoms with E-state index in [2.05, 4.69) is 0 Å². The van der Waals surface area contributed by atoms with Crippen LogP contribution in [0, 0.1) is 5.92 Å². The van der Waals surface area contributed by atoms with Crippen LogP contribution >= 0.6 is 11.6 Å². The fourth-order valence-corrected chi connectivity index (χ4v) is 6.03. The summed E-state index contributed by atoms with van der Waals surface area (Å²) in [5, 5.41) is 0.282. The van der Waals surface area contributed by atoms with E-state index in [0.717, 1.165) is 37.7 Å². The van der Waals surface area contributed by atoms with Crippen molar-refractivity contribution in [3.8, 4) is 0 Å². The lowest BCUT2D eigenvalue weighted by Gasteiger charge is -2.22. The normalized spacial score (nSPS) is 19.0. The Labute approximate surface area is 142 Å². The average Bonchev–Trinajstić information content (AvgIpc) is 2.89. The first-order valence-corrected chi connectivity index (χ1v) is 10.2. The van der Waals surface area contributed by atoms with Crippen LogP contribution in [0.2, 0.25) is 5.02 Å². The number of nitrogens with zero attached hydrogens (tertiary/aromatic N) is 1. The van der Waals surface area contributed by atoms with E-state index in [1.54, 1.807) is 17.0 Å². The number of fused-ring (bicyclic) bond motifs is 1. The van der Waals surface area contributed by atoms with Crippen molar-refractivity contribution in [1.29, 1.82) is 0 Å². The molecule has 1 saturated carbocycles. The quantitative estimate of drug-likeness (QED) is 0.832.